The Balaban J connectivity index is 2.81. The van der Waals surface area contributed by atoms with Crippen LogP contribution in [0.15, 0.2) is 54.3 Å². The second kappa shape index (κ2) is 7.16. The van der Waals surface area contributed by atoms with Crippen LogP contribution in [-0.4, -0.2) is 18.5 Å². The van der Waals surface area contributed by atoms with E-state index >= 15 is 0 Å². The van der Waals surface area contributed by atoms with Gasteiger partial charge < -0.3 is 10.1 Å². The molecule has 1 aromatic carbocycles. The highest BCUT2D eigenvalue weighted by molar-refractivity contribution is 6.01. The van der Waals surface area contributed by atoms with Crippen molar-refractivity contribution in [2.45, 2.75) is 13.8 Å². The number of benzene rings is 1. The summed E-state index contributed by atoms with van der Waals surface area (Å²) in [6.45, 7) is 7.04. The van der Waals surface area contributed by atoms with Gasteiger partial charge in [-0.1, -0.05) is 30.9 Å². The van der Waals surface area contributed by atoms with Crippen LogP contribution in [-0.2, 0) is 9.53 Å². The minimum Gasteiger partial charge on any atom is -0.457 e. The highest BCUT2D eigenvalue weighted by Crippen LogP contribution is 2.06. The maximum Gasteiger partial charge on any atom is 0.355 e. The van der Waals surface area contributed by atoms with Crippen molar-refractivity contribution in [2.24, 2.45) is 0 Å². The van der Waals surface area contributed by atoms with Crippen LogP contribution < -0.4 is 5.32 Å². The van der Waals surface area contributed by atoms with E-state index < -0.39 is 5.97 Å². The molecule has 0 saturated carbocycles. The molecule has 0 spiro atoms. The van der Waals surface area contributed by atoms with Crippen LogP contribution in [0.3, 0.4) is 0 Å². The molecule has 0 radical (unpaired) electrons. The average molecular weight is 259 g/mol. The quantitative estimate of drug-likeness (QED) is 0.502. The molecule has 19 heavy (non-hydrogen) atoms. The van der Waals surface area contributed by atoms with Gasteiger partial charge in [0.2, 0.25) is 0 Å². The minimum absolute atomic E-state index is 0.108. The van der Waals surface area contributed by atoms with Crippen LogP contribution >= 0.6 is 0 Å². The van der Waals surface area contributed by atoms with Crippen molar-refractivity contribution in [1.29, 1.82) is 0 Å². The molecule has 100 valence electrons. The monoisotopic (exact) mass is 259 g/mol. The molecule has 1 N–H and O–H groups in total. The van der Waals surface area contributed by atoms with Gasteiger partial charge in [-0.3, -0.25) is 4.79 Å². The first-order valence-electron chi connectivity index (χ1n) is 5.88. The van der Waals surface area contributed by atoms with Gasteiger partial charge in [0, 0.05) is 5.56 Å². The van der Waals surface area contributed by atoms with Gasteiger partial charge in [-0.05, 0) is 31.6 Å². The molecule has 0 bridgehead atoms. The third-order valence-corrected chi connectivity index (χ3v) is 2.31. The fourth-order valence-electron chi connectivity index (χ4n) is 1.36. The summed E-state index contributed by atoms with van der Waals surface area (Å²) in [5, 5.41) is 2.57. The van der Waals surface area contributed by atoms with Crippen molar-refractivity contribution in [3.63, 3.8) is 0 Å². The van der Waals surface area contributed by atoms with Gasteiger partial charge in [-0.15, -0.1) is 0 Å². The van der Waals surface area contributed by atoms with E-state index in [0.29, 0.717) is 11.1 Å². The molecule has 0 fully saturated rings. The summed E-state index contributed by atoms with van der Waals surface area (Å²) < 4.78 is 4.92. The van der Waals surface area contributed by atoms with Crippen LogP contribution in [0.1, 0.15) is 24.2 Å². The molecular weight excluding hydrogens is 242 g/mol. The normalized spacial score (nSPS) is 9.37. The third kappa shape index (κ3) is 4.43. The molecule has 0 aliphatic heterocycles. The summed E-state index contributed by atoms with van der Waals surface area (Å²) in [5.41, 5.74) is 1.33. The minimum atomic E-state index is -0.566. The molecule has 0 saturated heterocycles. The summed E-state index contributed by atoms with van der Waals surface area (Å²) in [7, 11) is 0. The molecule has 0 unspecified atom stereocenters. The standard InChI is InChI=1S/C15H17NO3/c1-4-10-19-15(18)13(11(2)3)16-14(17)12-8-6-5-7-9-12/h4-9H,1,10H2,2-3H3,(H,16,17). The molecule has 0 aliphatic carbocycles. The van der Waals surface area contributed by atoms with E-state index in [9.17, 15) is 9.59 Å². The number of nitrogens with one attached hydrogen (secondary N) is 1. The van der Waals surface area contributed by atoms with Crippen LogP contribution in [0.25, 0.3) is 0 Å². The van der Waals surface area contributed by atoms with Crippen molar-refractivity contribution in [1.82, 2.24) is 5.32 Å². The van der Waals surface area contributed by atoms with E-state index in [-0.39, 0.29) is 18.2 Å². The number of rotatable bonds is 5. The Morgan fingerprint density at radius 2 is 1.89 bits per heavy atom. The molecule has 4 heteroatoms. The average Bonchev–Trinajstić information content (AvgIpc) is 2.42. The van der Waals surface area contributed by atoms with Crippen LogP contribution in [0, 0.1) is 0 Å². The fraction of sp³-hybridized carbons (Fsp3) is 0.200. The Kier molecular flexibility index (Phi) is 5.54. The molecule has 4 nitrogen and oxygen atoms in total. The van der Waals surface area contributed by atoms with Gasteiger partial charge in [0.1, 0.15) is 12.3 Å². The number of hydrogen-bond acceptors (Lipinski definition) is 3. The lowest BCUT2D eigenvalue weighted by molar-refractivity contribution is -0.138. The highest BCUT2D eigenvalue weighted by Gasteiger charge is 2.16. The predicted octanol–water partition coefficient (Wildman–Crippen LogP) is 2.44. The Morgan fingerprint density at radius 1 is 1.26 bits per heavy atom. The van der Waals surface area contributed by atoms with E-state index in [1.165, 1.54) is 6.08 Å². The van der Waals surface area contributed by atoms with Gasteiger partial charge in [-0.25, -0.2) is 4.79 Å². The Labute approximate surface area is 112 Å². The molecule has 0 atom stereocenters. The highest BCUT2D eigenvalue weighted by atomic mass is 16.5. The van der Waals surface area contributed by atoms with E-state index in [0.717, 1.165) is 0 Å². The summed E-state index contributed by atoms with van der Waals surface area (Å²) in [5.74, 6) is -0.906. The topological polar surface area (TPSA) is 55.4 Å². The van der Waals surface area contributed by atoms with Gasteiger partial charge in [-0.2, -0.15) is 0 Å². The summed E-state index contributed by atoms with van der Waals surface area (Å²) in [4.78, 5) is 23.7. The summed E-state index contributed by atoms with van der Waals surface area (Å²) in [6.07, 6.45) is 1.47. The first kappa shape index (κ1) is 14.7. The summed E-state index contributed by atoms with van der Waals surface area (Å²) >= 11 is 0. The van der Waals surface area contributed by atoms with Crippen LogP contribution in [0.2, 0.25) is 0 Å². The molecule has 1 amide bonds. The number of amides is 1. The van der Waals surface area contributed by atoms with Crippen molar-refractivity contribution in [2.75, 3.05) is 6.61 Å². The first-order valence-corrected chi connectivity index (χ1v) is 5.88. The molecule has 1 rings (SSSR count). The first-order chi connectivity index (χ1) is 9.06. The van der Waals surface area contributed by atoms with Crippen LogP contribution in [0.5, 0.6) is 0 Å². The Bertz CT molecular complexity index is 499. The molecule has 1 aromatic rings. The lowest BCUT2D eigenvalue weighted by Crippen LogP contribution is -2.29. The fourth-order valence-corrected chi connectivity index (χ4v) is 1.36. The zero-order valence-electron chi connectivity index (χ0n) is 11.1. The van der Waals surface area contributed by atoms with Crippen molar-refractivity contribution in [3.8, 4) is 0 Å². The van der Waals surface area contributed by atoms with E-state index in [1.54, 1.807) is 38.1 Å². The van der Waals surface area contributed by atoms with Crippen LogP contribution in [0.4, 0.5) is 0 Å². The molecule has 0 aliphatic rings. The number of hydrogen-bond donors (Lipinski definition) is 1. The number of ether oxygens (including phenoxy) is 1. The van der Waals surface area contributed by atoms with Crippen molar-refractivity contribution >= 4 is 11.9 Å². The number of carbonyl (C=O) groups excluding carboxylic acids is 2. The van der Waals surface area contributed by atoms with Gasteiger partial charge in [0.15, 0.2) is 0 Å². The Morgan fingerprint density at radius 3 is 2.42 bits per heavy atom. The molecule has 0 heterocycles. The number of allylic oxidation sites excluding steroid dienone is 1. The van der Waals surface area contributed by atoms with Gasteiger partial charge >= 0.3 is 5.97 Å². The van der Waals surface area contributed by atoms with Gasteiger partial charge in [0.05, 0.1) is 0 Å². The molecular formula is C15H17NO3. The van der Waals surface area contributed by atoms with E-state index in [2.05, 4.69) is 11.9 Å². The SMILES string of the molecule is C=CCOC(=O)C(NC(=O)c1ccccc1)=C(C)C. The van der Waals surface area contributed by atoms with E-state index in [1.807, 2.05) is 6.07 Å². The zero-order valence-corrected chi connectivity index (χ0v) is 11.1. The number of carbonyl (C=O) groups is 2. The third-order valence-electron chi connectivity index (χ3n) is 2.31. The second-order valence-corrected chi connectivity index (χ2v) is 4.08. The smallest absolute Gasteiger partial charge is 0.355 e. The van der Waals surface area contributed by atoms with Crippen molar-refractivity contribution < 1.29 is 14.3 Å². The summed E-state index contributed by atoms with van der Waals surface area (Å²) in [6, 6.07) is 8.68. The maximum atomic E-state index is 12.0. The predicted molar refractivity (Wildman–Crippen MR) is 73.4 cm³/mol. The molecule has 0 aromatic heterocycles. The maximum absolute atomic E-state index is 12.0. The van der Waals surface area contributed by atoms with E-state index in [4.69, 9.17) is 4.74 Å². The number of esters is 1. The largest absolute Gasteiger partial charge is 0.457 e. The lowest BCUT2D eigenvalue weighted by Gasteiger charge is -2.11. The lowest BCUT2D eigenvalue weighted by atomic mass is 10.2. The second-order valence-electron chi connectivity index (χ2n) is 4.08. The van der Waals surface area contributed by atoms with Gasteiger partial charge in [0.25, 0.3) is 5.91 Å². The Hall–Kier alpha value is -2.36. The zero-order chi connectivity index (χ0) is 14.3. The van der Waals surface area contributed by atoms with Crippen molar-refractivity contribution in [3.05, 3.63) is 59.8 Å².